The number of pyridine rings is 1. The van der Waals surface area contributed by atoms with Gasteiger partial charge in [0.15, 0.2) is 0 Å². The van der Waals surface area contributed by atoms with Crippen molar-refractivity contribution < 1.29 is 9.59 Å². The van der Waals surface area contributed by atoms with E-state index in [2.05, 4.69) is 11.6 Å². The second-order valence-corrected chi connectivity index (χ2v) is 7.15. The van der Waals surface area contributed by atoms with Gasteiger partial charge < -0.3 is 5.73 Å². The molecule has 2 N–H and O–H groups in total. The molecule has 1 aromatic heterocycles. The zero-order valence-corrected chi connectivity index (χ0v) is 17.9. The van der Waals surface area contributed by atoms with Crippen LogP contribution in [-0.2, 0) is 9.59 Å². The summed E-state index contributed by atoms with van der Waals surface area (Å²) < 4.78 is 0. The number of hydrogen-bond donors (Lipinski definition) is 1. The van der Waals surface area contributed by atoms with Gasteiger partial charge in [-0.2, -0.15) is 0 Å². The number of carbonyl (C=O) groups excluding carboxylic acids is 2. The minimum atomic E-state index is -0.550. The Kier molecular flexibility index (Phi) is 6.46. The van der Waals surface area contributed by atoms with Gasteiger partial charge in [0.05, 0.1) is 16.8 Å². The normalized spacial score (nSPS) is 12.0. The third-order valence-electron chi connectivity index (χ3n) is 5.01. The second kappa shape index (κ2) is 9.22. The van der Waals surface area contributed by atoms with Gasteiger partial charge in [0.25, 0.3) is 5.91 Å². The highest BCUT2D eigenvalue weighted by atomic mass is 16.2. The van der Waals surface area contributed by atoms with Crippen LogP contribution in [0, 0.1) is 6.92 Å². The molecule has 3 rings (SSSR count). The molecule has 0 saturated carbocycles. The Morgan fingerprint density at radius 3 is 2.42 bits per heavy atom. The van der Waals surface area contributed by atoms with E-state index < -0.39 is 11.8 Å². The van der Waals surface area contributed by atoms with Crippen molar-refractivity contribution in [3.05, 3.63) is 102 Å². The van der Waals surface area contributed by atoms with Crippen LogP contribution in [0.5, 0.6) is 0 Å². The van der Waals surface area contributed by atoms with Crippen LogP contribution in [0.15, 0.2) is 90.8 Å². The van der Waals surface area contributed by atoms with Gasteiger partial charge in [-0.05, 0) is 48.8 Å². The number of aryl methyl sites for hydroxylation is 1. The Bertz CT molecular complexity index is 1230. The third-order valence-corrected chi connectivity index (χ3v) is 5.01. The molecule has 0 radical (unpaired) electrons. The number of anilines is 1. The van der Waals surface area contributed by atoms with Crippen molar-refractivity contribution in [2.24, 2.45) is 5.73 Å². The maximum absolute atomic E-state index is 13.6. The largest absolute Gasteiger partial charge is 0.399 e. The molecule has 0 saturated heterocycles. The van der Waals surface area contributed by atoms with Crippen LogP contribution in [0.3, 0.4) is 0 Å². The first-order chi connectivity index (χ1) is 14.8. The summed E-state index contributed by atoms with van der Waals surface area (Å²) >= 11 is 0. The van der Waals surface area contributed by atoms with Crippen LogP contribution in [0.4, 0.5) is 5.69 Å². The first kappa shape index (κ1) is 21.7. The molecule has 5 nitrogen and oxygen atoms in total. The summed E-state index contributed by atoms with van der Waals surface area (Å²) in [5, 5.41) is 0.824. The van der Waals surface area contributed by atoms with Gasteiger partial charge in [0.2, 0.25) is 5.91 Å². The Labute approximate surface area is 182 Å². The van der Waals surface area contributed by atoms with Gasteiger partial charge >= 0.3 is 0 Å². The smallest absolute Gasteiger partial charge is 0.267 e. The zero-order valence-electron chi connectivity index (χ0n) is 17.9. The number of nitrogens with two attached hydrogens (primary N) is 1. The summed E-state index contributed by atoms with van der Waals surface area (Å²) in [6.45, 7) is 9.01. The monoisotopic (exact) mass is 411 g/mol. The van der Waals surface area contributed by atoms with E-state index in [4.69, 9.17) is 5.73 Å². The van der Waals surface area contributed by atoms with Crippen molar-refractivity contribution >= 4 is 34.0 Å². The number of nitrogens with zero attached hydrogens (tertiary/aromatic N) is 2. The second-order valence-electron chi connectivity index (χ2n) is 7.15. The molecule has 0 aliphatic carbocycles. The first-order valence-corrected chi connectivity index (χ1v) is 9.92. The van der Waals surface area contributed by atoms with Gasteiger partial charge in [0.1, 0.15) is 0 Å². The van der Waals surface area contributed by atoms with E-state index in [1.54, 1.807) is 30.5 Å². The van der Waals surface area contributed by atoms with Crippen molar-refractivity contribution in [3.63, 3.8) is 0 Å². The van der Waals surface area contributed by atoms with Crippen LogP contribution in [0.2, 0.25) is 0 Å². The minimum Gasteiger partial charge on any atom is -0.399 e. The van der Waals surface area contributed by atoms with E-state index >= 15 is 0 Å². The Morgan fingerprint density at radius 2 is 1.77 bits per heavy atom. The molecule has 2 amide bonds. The lowest BCUT2D eigenvalue weighted by atomic mass is 9.97. The highest BCUT2D eigenvalue weighted by molar-refractivity contribution is 6.24. The number of carbonyl (C=O) groups is 2. The standard InChI is InChI=1S/C26H25N3O2/c1-5-20(22-13-7-6-10-17(22)2)16-23(18(3)27)26(31)29(19(4)30)24-14-8-11-21-12-9-15-28-25(21)24/h5-16H,3,27H2,1-2,4H3/b20-5-,23-16-. The molecule has 5 heteroatoms. The fourth-order valence-electron chi connectivity index (χ4n) is 3.47. The van der Waals surface area contributed by atoms with E-state index in [0.717, 1.165) is 27.0 Å². The summed E-state index contributed by atoms with van der Waals surface area (Å²) in [5.41, 5.74) is 10.1. The molecule has 3 aromatic rings. The van der Waals surface area contributed by atoms with Gasteiger partial charge in [-0.1, -0.05) is 55.1 Å². The van der Waals surface area contributed by atoms with Crippen molar-refractivity contribution in [3.8, 4) is 0 Å². The van der Waals surface area contributed by atoms with Crippen molar-refractivity contribution in [2.75, 3.05) is 4.90 Å². The highest BCUT2D eigenvalue weighted by Gasteiger charge is 2.27. The Morgan fingerprint density at radius 1 is 1.06 bits per heavy atom. The lowest BCUT2D eigenvalue weighted by Gasteiger charge is -2.22. The molecule has 0 spiro atoms. The summed E-state index contributed by atoms with van der Waals surface area (Å²) in [6.07, 6.45) is 5.21. The quantitative estimate of drug-likeness (QED) is 0.477. The molecule has 0 bridgehead atoms. The summed E-state index contributed by atoms with van der Waals surface area (Å²) in [6, 6.07) is 16.9. The fraction of sp³-hybridized carbons (Fsp3) is 0.115. The van der Waals surface area contributed by atoms with Crippen LogP contribution < -0.4 is 10.6 Å². The maximum Gasteiger partial charge on any atom is 0.267 e. The molecule has 156 valence electrons. The van der Waals surface area contributed by atoms with Crippen LogP contribution in [-0.4, -0.2) is 16.8 Å². The maximum atomic E-state index is 13.6. The molecule has 0 fully saturated rings. The lowest BCUT2D eigenvalue weighted by Crippen LogP contribution is -2.37. The molecule has 2 aromatic carbocycles. The number of benzene rings is 2. The van der Waals surface area contributed by atoms with Gasteiger partial charge in [-0.25, -0.2) is 4.90 Å². The van der Waals surface area contributed by atoms with Crippen molar-refractivity contribution in [2.45, 2.75) is 20.8 Å². The van der Waals surface area contributed by atoms with E-state index in [0.29, 0.717) is 11.2 Å². The molecule has 31 heavy (non-hydrogen) atoms. The molecule has 0 aliphatic heterocycles. The van der Waals surface area contributed by atoms with E-state index in [1.807, 2.05) is 56.3 Å². The van der Waals surface area contributed by atoms with Crippen molar-refractivity contribution in [1.29, 1.82) is 0 Å². The number of para-hydroxylation sites is 1. The van der Waals surface area contributed by atoms with E-state index in [9.17, 15) is 9.59 Å². The number of allylic oxidation sites excluding steroid dienone is 3. The number of amides is 2. The predicted octanol–water partition coefficient (Wildman–Crippen LogP) is 4.93. The lowest BCUT2D eigenvalue weighted by molar-refractivity contribution is -0.123. The topological polar surface area (TPSA) is 76.3 Å². The number of hydrogen-bond acceptors (Lipinski definition) is 4. The average Bonchev–Trinajstić information content (AvgIpc) is 2.75. The number of aromatic nitrogens is 1. The van der Waals surface area contributed by atoms with Crippen LogP contribution in [0.25, 0.3) is 16.5 Å². The number of fused-ring (bicyclic) bond motifs is 1. The average molecular weight is 412 g/mol. The SMILES string of the molecule is C=C(N)/C(=C/C(=C/C)c1ccccc1C)C(=O)N(C(C)=O)c1cccc2cccnc12. The zero-order chi connectivity index (χ0) is 22.5. The molecule has 0 atom stereocenters. The van der Waals surface area contributed by atoms with E-state index in [-0.39, 0.29) is 11.3 Å². The predicted molar refractivity (Wildman–Crippen MR) is 126 cm³/mol. The van der Waals surface area contributed by atoms with Crippen LogP contribution >= 0.6 is 0 Å². The molecular formula is C26H25N3O2. The Hall–Kier alpha value is -3.99. The third kappa shape index (κ3) is 4.46. The molecular weight excluding hydrogens is 386 g/mol. The highest BCUT2D eigenvalue weighted by Crippen LogP contribution is 2.28. The van der Waals surface area contributed by atoms with Crippen molar-refractivity contribution in [1.82, 2.24) is 4.98 Å². The van der Waals surface area contributed by atoms with Gasteiger partial charge in [-0.3, -0.25) is 14.6 Å². The summed E-state index contributed by atoms with van der Waals surface area (Å²) in [4.78, 5) is 31.7. The molecule has 0 unspecified atom stereocenters. The molecule has 1 heterocycles. The summed E-state index contributed by atoms with van der Waals surface area (Å²) in [7, 11) is 0. The minimum absolute atomic E-state index is 0.0809. The fourth-order valence-corrected chi connectivity index (χ4v) is 3.47. The number of imide groups is 1. The van der Waals surface area contributed by atoms with Gasteiger partial charge in [-0.15, -0.1) is 0 Å². The van der Waals surface area contributed by atoms with Gasteiger partial charge in [0, 0.05) is 24.2 Å². The van der Waals surface area contributed by atoms with E-state index in [1.165, 1.54) is 6.92 Å². The summed E-state index contributed by atoms with van der Waals surface area (Å²) in [5.74, 6) is -0.987. The first-order valence-electron chi connectivity index (χ1n) is 9.92. The Balaban J connectivity index is 2.15. The molecule has 0 aliphatic rings. The number of rotatable bonds is 5. The van der Waals surface area contributed by atoms with Crippen LogP contribution in [0.1, 0.15) is 25.0 Å².